The molecule has 4 nitrogen and oxygen atoms in total. The van der Waals surface area contributed by atoms with Gasteiger partial charge in [0.1, 0.15) is 11.9 Å². The second-order valence-corrected chi connectivity index (χ2v) is 5.61. The van der Waals surface area contributed by atoms with Crippen LogP contribution in [0, 0.1) is 0 Å². The SMILES string of the molecule is CCNC(Cc1cnn(C)c1)C(C)Oc1cccc(Cl)c1. The number of nitrogens with one attached hydrogen (secondary N) is 1. The molecule has 2 rings (SSSR count). The zero-order valence-corrected chi connectivity index (χ0v) is 13.5. The molecule has 0 bridgehead atoms. The quantitative estimate of drug-likeness (QED) is 0.854. The first kappa shape index (κ1) is 15.9. The molecule has 0 amide bonds. The van der Waals surface area contributed by atoms with Crippen LogP contribution in [0.25, 0.3) is 0 Å². The summed E-state index contributed by atoms with van der Waals surface area (Å²) in [6, 6.07) is 7.73. The van der Waals surface area contributed by atoms with Gasteiger partial charge in [0.05, 0.1) is 6.20 Å². The fourth-order valence-electron chi connectivity index (χ4n) is 2.33. The Morgan fingerprint density at radius 2 is 2.24 bits per heavy atom. The molecule has 0 aliphatic heterocycles. The molecule has 0 aliphatic carbocycles. The predicted molar refractivity (Wildman–Crippen MR) is 85.9 cm³/mol. The maximum Gasteiger partial charge on any atom is 0.121 e. The van der Waals surface area contributed by atoms with E-state index < -0.39 is 0 Å². The number of hydrogen-bond donors (Lipinski definition) is 1. The van der Waals surface area contributed by atoms with E-state index in [-0.39, 0.29) is 12.1 Å². The number of hydrogen-bond acceptors (Lipinski definition) is 3. The molecule has 1 N–H and O–H groups in total. The van der Waals surface area contributed by atoms with E-state index in [0.29, 0.717) is 5.02 Å². The second-order valence-electron chi connectivity index (χ2n) is 5.17. The molecule has 5 heteroatoms. The Morgan fingerprint density at radius 1 is 1.43 bits per heavy atom. The van der Waals surface area contributed by atoms with Gasteiger partial charge in [-0.2, -0.15) is 5.10 Å². The molecule has 114 valence electrons. The summed E-state index contributed by atoms with van der Waals surface area (Å²) in [5.41, 5.74) is 1.20. The minimum atomic E-state index is 0.0311. The van der Waals surface area contributed by atoms with Crippen LogP contribution in [0.3, 0.4) is 0 Å². The van der Waals surface area contributed by atoms with E-state index in [1.807, 2.05) is 48.4 Å². The van der Waals surface area contributed by atoms with E-state index in [1.165, 1.54) is 5.56 Å². The molecule has 2 aromatic rings. The van der Waals surface area contributed by atoms with E-state index in [1.54, 1.807) is 0 Å². The van der Waals surface area contributed by atoms with Gasteiger partial charge < -0.3 is 10.1 Å². The first-order chi connectivity index (χ1) is 10.1. The highest BCUT2D eigenvalue weighted by Crippen LogP contribution is 2.19. The van der Waals surface area contributed by atoms with Gasteiger partial charge in [-0.3, -0.25) is 4.68 Å². The van der Waals surface area contributed by atoms with Crippen molar-refractivity contribution in [2.75, 3.05) is 6.54 Å². The number of halogens is 1. The Kier molecular flexibility index (Phi) is 5.65. The number of aromatic nitrogens is 2. The molecule has 2 unspecified atom stereocenters. The minimum absolute atomic E-state index is 0.0311. The molecule has 1 aromatic heterocycles. The van der Waals surface area contributed by atoms with Crippen molar-refractivity contribution in [3.05, 3.63) is 47.2 Å². The number of likely N-dealkylation sites (N-methyl/N-ethyl adjacent to an activating group) is 1. The summed E-state index contributed by atoms with van der Waals surface area (Å²) in [5.74, 6) is 0.795. The number of rotatable bonds is 7. The van der Waals surface area contributed by atoms with Crippen LogP contribution in [0.5, 0.6) is 5.75 Å². The summed E-state index contributed by atoms with van der Waals surface area (Å²) in [5, 5.41) is 8.38. The molecule has 1 heterocycles. The number of nitrogens with zero attached hydrogens (tertiary/aromatic N) is 2. The molecule has 0 saturated heterocycles. The lowest BCUT2D eigenvalue weighted by Gasteiger charge is -2.25. The van der Waals surface area contributed by atoms with E-state index in [9.17, 15) is 0 Å². The summed E-state index contributed by atoms with van der Waals surface area (Å²) < 4.78 is 7.83. The third kappa shape index (κ3) is 4.76. The first-order valence-corrected chi connectivity index (χ1v) is 7.59. The fourth-order valence-corrected chi connectivity index (χ4v) is 2.51. The van der Waals surface area contributed by atoms with Crippen molar-refractivity contribution in [3.63, 3.8) is 0 Å². The van der Waals surface area contributed by atoms with E-state index >= 15 is 0 Å². The van der Waals surface area contributed by atoms with Gasteiger partial charge in [0.2, 0.25) is 0 Å². The summed E-state index contributed by atoms with van der Waals surface area (Å²) in [6.45, 7) is 5.07. The summed E-state index contributed by atoms with van der Waals surface area (Å²) in [7, 11) is 1.93. The van der Waals surface area contributed by atoms with Crippen LogP contribution >= 0.6 is 11.6 Å². The molecule has 0 aliphatic rings. The molecule has 0 fully saturated rings. The molecule has 0 spiro atoms. The zero-order chi connectivity index (χ0) is 15.2. The molecular formula is C16H22ClN3O. The van der Waals surface area contributed by atoms with Crippen molar-refractivity contribution in [1.82, 2.24) is 15.1 Å². The van der Waals surface area contributed by atoms with Gasteiger partial charge >= 0.3 is 0 Å². The summed E-state index contributed by atoms with van der Waals surface area (Å²) in [4.78, 5) is 0. The van der Waals surface area contributed by atoms with Gasteiger partial charge in [-0.05, 0) is 43.7 Å². The number of benzene rings is 1. The van der Waals surface area contributed by atoms with Crippen molar-refractivity contribution in [3.8, 4) is 5.75 Å². The normalized spacial score (nSPS) is 13.9. The Balaban J connectivity index is 2.02. The van der Waals surface area contributed by atoms with Crippen LogP contribution in [0.2, 0.25) is 5.02 Å². The average molecular weight is 308 g/mol. The van der Waals surface area contributed by atoms with Crippen molar-refractivity contribution in [1.29, 1.82) is 0 Å². The standard InChI is InChI=1S/C16H22ClN3O/c1-4-18-16(8-13-10-19-20(3)11-13)12(2)21-15-7-5-6-14(17)9-15/h5-7,9-12,16,18H,4,8H2,1-3H3. The minimum Gasteiger partial charge on any atom is -0.489 e. The van der Waals surface area contributed by atoms with E-state index in [4.69, 9.17) is 16.3 Å². The summed E-state index contributed by atoms with van der Waals surface area (Å²) in [6.07, 6.45) is 4.85. The third-order valence-corrected chi connectivity index (χ3v) is 3.60. The highest BCUT2D eigenvalue weighted by molar-refractivity contribution is 6.30. The van der Waals surface area contributed by atoms with Crippen LogP contribution in [0.15, 0.2) is 36.7 Å². The van der Waals surface area contributed by atoms with Gasteiger partial charge in [0.15, 0.2) is 0 Å². The van der Waals surface area contributed by atoms with Crippen molar-refractivity contribution >= 4 is 11.6 Å². The lowest BCUT2D eigenvalue weighted by Crippen LogP contribution is -2.42. The van der Waals surface area contributed by atoms with Crippen molar-refractivity contribution < 1.29 is 4.74 Å². The van der Waals surface area contributed by atoms with Crippen LogP contribution in [0.1, 0.15) is 19.4 Å². The maximum absolute atomic E-state index is 6.01. The lowest BCUT2D eigenvalue weighted by molar-refractivity contribution is 0.170. The van der Waals surface area contributed by atoms with Crippen molar-refractivity contribution in [2.24, 2.45) is 7.05 Å². The Hall–Kier alpha value is -1.52. The predicted octanol–water partition coefficient (Wildman–Crippen LogP) is 3.06. The second kappa shape index (κ2) is 7.48. The zero-order valence-electron chi connectivity index (χ0n) is 12.7. The van der Waals surface area contributed by atoms with Crippen LogP contribution in [-0.2, 0) is 13.5 Å². The number of aryl methyl sites for hydroxylation is 1. The van der Waals surface area contributed by atoms with Gasteiger partial charge in [-0.1, -0.05) is 24.6 Å². The van der Waals surface area contributed by atoms with Gasteiger partial charge in [0.25, 0.3) is 0 Å². The molecule has 0 saturated carbocycles. The third-order valence-electron chi connectivity index (χ3n) is 3.36. The smallest absolute Gasteiger partial charge is 0.121 e. The van der Waals surface area contributed by atoms with E-state index in [2.05, 4.69) is 24.3 Å². The molecule has 21 heavy (non-hydrogen) atoms. The average Bonchev–Trinajstić information content (AvgIpc) is 2.84. The summed E-state index contributed by atoms with van der Waals surface area (Å²) >= 11 is 5.99. The Morgan fingerprint density at radius 3 is 2.86 bits per heavy atom. The molecule has 0 radical (unpaired) electrons. The van der Waals surface area contributed by atoms with E-state index in [0.717, 1.165) is 18.7 Å². The molecule has 1 aromatic carbocycles. The monoisotopic (exact) mass is 307 g/mol. The largest absolute Gasteiger partial charge is 0.489 e. The highest BCUT2D eigenvalue weighted by atomic mass is 35.5. The van der Waals surface area contributed by atoms with Crippen LogP contribution in [-0.4, -0.2) is 28.5 Å². The number of ether oxygens (including phenoxy) is 1. The maximum atomic E-state index is 6.01. The Bertz CT molecular complexity index is 570. The fraction of sp³-hybridized carbons (Fsp3) is 0.438. The lowest BCUT2D eigenvalue weighted by atomic mass is 10.0. The van der Waals surface area contributed by atoms with Crippen molar-refractivity contribution in [2.45, 2.75) is 32.4 Å². The van der Waals surface area contributed by atoms with Gasteiger partial charge in [0, 0.05) is 24.3 Å². The molecular weight excluding hydrogens is 286 g/mol. The molecule has 2 atom stereocenters. The van der Waals surface area contributed by atoms with Gasteiger partial charge in [-0.15, -0.1) is 0 Å². The first-order valence-electron chi connectivity index (χ1n) is 7.21. The topological polar surface area (TPSA) is 39.1 Å². The highest BCUT2D eigenvalue weighted by Gasteiger charge is 2.19. The Labute approximate surface area is 131 Å². The van der Waals surface area contributed by atoms with Crippen LogP contribution < -0.4 is 10.1 Å². The van der Waals surface area contributed by atoms with Gasteiger partial charge in [-0.25, -0.2) is 0 Å². The van der Waals surface area contributed by atoms with Crippen LogP contribution in [0.4, 0.5) is 0 Å².